The van der Waals surface area contributed by atoms with Gasteiger partial charge in [0.2, 0.25) is 11.8 Å². The van der Waals surface area contributed by atoms with Gasteiger partial charge in [-0.3, -0.25) is 9.59 Å². The van der Waals surface area contributed by atoms with Crippen LogP contribution >= 0.6 is 11.6 Å². The second-order valence-corrected chi connectivity index (χ2v) is 9.54. The van der Waals surface area contributed by atoms with Crippen molar-refractivity contribution in [1.29, 1.82) is 0 Å². The van der Waals surface area contributed by atoms with Crippen molar-refractivity contribution in [2.45, 2.75) is 45.4 Å². The number of fused-ring (bicyclic) bond motifs is 1. The molecular formula is C27H32ClN3O2. The van der Waals surface area contributed by atoms with Gasteiger partial charge in [0.25, 0.3) is 0 Å². The van der Waals surface area contributed by atoms with Crippen LogP contribution in [0.5, 0.6) is 0 Å². The van der Waals surface area contributed by atoms with E-state index in [0.717, 1.165) is 36.3 Å². The number of allylic oxidation sites excluding steroid dienone is 1. The van der Waals surface area contributed by atoms with Crippen molar-refractivity contribution in [3.8, 4) is 0 Å². The average Bonchev–Trinajstić information content (AvgIpc) is 3.18. The van der Waals surface area contributed by atoms with Gasteiger partial charge in [0.15, 0.2) is 0 Å². The summed E-state index contributed by atoms with van der Waals surface area (Å²) in [5, 5.41) is 7.16. The molecule has 4 rings (SSSR count). The maximum absolute atomic E-state index is 12.9. The number of nitrogens with zero attached hydrogens (tertiary/aromatic N) is 1. The lowest BCUT2D eigenvalue weighted by molar-refractivity contribution is -0.132. The summed E-state index contributed by atoms with van der Waals surface area (Å²) in [4.78, 5) is 27.5. The maximum atomic E-state index is 12.9. The van der Waals surface area contributed by atoms with Crippen molar-refractivity contribution < 1.29 is 9.59 Å². The van der Waals surface area contributed by atoms with Crippen molar-refractivity contribution in [1.82, 2.24) is 5.32 Å². The zero-order valence-corrected chi connectivity index (χ0v) is 20.1. The largest absolute Gasteiger partial charge is 0.385 e. The van der Waals surface area contributed by atoms with Gasteiger partial charge in [0, 0.05) is 41.6 Å². The lowest BCUT2D eigenvalue weighted by atomic mass is 9.97. The lowest BCUT2D eigenvalue weighted by Crippen LogP contribution is -2.37. The molecule has 2 aliphatic heterocycles. The molecule has 2 aromatic rings. The Balaban J connectivity index is 1.36. The van der Waals surface area contributed by atoms with E-state index in [1.54, 1.807) is 4.90 Å². The molecule has 2 N–H and O–H groups in total. The van der Waals surface area contributed by atoms with Gasteiger partial charge in [-0.05, 0) is 73.1 Å². The van der Waals surface area contributed by atoms with Gasteiger partial charge >= 0.3 is 0 Å². The topological polar surface area (TPSA) is 61.4 Å². The number of rotatable bonds is 6. The molecule has 1 atom stereocenters. The van der Waals surface area contributed by atoms with Crippen molar-refractivity contribution in [3.05, 3.63) is 64.7 Å². The van der Waals surface area contributed by atoms with Crippen LogP contribution in [0.1, 0.15) is 56.6 Å². The molecule has 1 saturated heterocycles. The molecule has 33 heavy (non-hydrogen) atoms. The van der Waals surface area contributed by atoms with E-state index in [2.05, 4.69) is 42.7 Å². The third-order valence-electron chi connectivity index (χ3n) is 6.50. The van der Waals surface area contributed by atoms with E-state index in [9.17, 15) is 9.59 Å². The molecule has 0 saturated carbocycles. The van der Waals surface area contributed by atoms with E-state index < -0.39 is 5.92 Å². The first-order valence-electron chi connectivity index (χ1n) is 11.9. The monoisotopic (exact) mass is 465 g/mol. The molecule has 0 aromatic heterocycles. The Morgan fingerprint density at radius 2 is 2.00 bits per heavy atom. The maximum Gasteiger partial charge on any atom is 0.239 e. The molecule has 2 amide bonds. The summed E-state index contributed by atoms with van der Waals surface area (Å²) in [7, 11) is 0. The van der Waals surface area contributed by atoms with Crippen LogP contribution in [0.3, 0.4) is 0 Å². The minimum atomic E-state index is -0.621. The van der Waals surface area contributed by atoms with Crippen LogP contribution in [0.25, 0.3) is 5.57 Å². The summed E-state index contributed by atoms with van der Waals surface area (Å²) in [6, 6.07) is 13.9. The molecule has 2 heterocycles. The zero-order valence-electron chi connectivity index (χ0n) is 19.4. The van der Waals surface area contributed by atoms with Crippen molar-refractivity contribution in [2.24, 2.45) is 5.92 Å². The van der Waals surface area contributed by atoms with Crippen LogP contribution in [-0.4, -0.2) is 31.4 Å². The molecule has 2 aliphatic rings. The Morgan fingerprint density at radius 3 is 2.76 bits per heavy atom. The molecule has 0 aliphatic carbocycles. The van der Waals surface area contributed by atoms with E-state index in [4.69, 9.17) is 11.6 Å². The lowest BCUT2D eigenvalue weighted by Gasteiger charge is -2.19. The molecule has 0 bridgehead atoms. The van der Waals surface area contributed by atoms with Crippen molar-refractivity contribution in [3.63, 3.8) is 0 Å². The number of anilines is 2. The number of benzene rings is 2. The number of nitrogens with one attached hydrogen (secondary N) is 2. The Labute approximate surface area is 201 Å². The van der Waals surface area contributed by atoms with Crippen LogP contribution in [0.2, 0.25) is 5.02 Å². The second kappa shape index (κ2) is 10.4. The fourth-order valence-corrected chi connectivity index (χ4v) is 4.72. The molecule has 174 valence electrons. The van der Waals surface area contributed by atoms with Crippen LogP contribution in [0, 0.1) is 5.92 Å². The number of amides is 2. The summed E-state index contributed by atoms with van der Waals surface area (Å²) in [5.41, 5.74) is 5.43. The number of carbonyl (C=O) groups is 2. The zero-order chi connectivity index (χ0) is 23.4. The van der Waals surface area contributed by atoms with Gasteiger partial charge < -0.3 is 15.5 Å². The van der Waals surface area contributed by atoms with Gasteiger partial charge in [0.1, 0.15) is 5.92 Å². The highest BCUT2D eigenvalue weighted by atomic mass is 35.5. The molecule has 5 nitrogen and oxygen atoms in total. The van der Waals surface area contributed by atoms with Gasteiger partial charge in [0.05, 0.1) is 0 Å². The highest BCUT2D eigenvalue weighted by Gasteiger charge is 2.37. The van der Waals surface area contributed by atoms with Crippen molar-refractivity contribution in [2.75, 3.05) is 29.9 Å². The highest BCUT2D eigenvalue weighted by molar-refractivity contribution is 6.30. The van der Waals surface area contributed by atoms with Crippen LogP contribution < -0.4 is 15.5 Å². The molecular weight excluding hydrogens is 434 g/mol. The predicted octanol–water partition coefficient (Wildman–Crippen LogP) is 5.61. The second-order valence-electron chi connectivity index (χ2n) is 9.11. The third kappa shape index (κ3) is 5.41. The van der Waals surface area contributed by atoms with Gasteiger partial charge in [-0.15, -0.1) is 0 Å². The molecule has 1 unspecified atom stereocenters. The fourth-order valence-electron chi connectivity index (χ4n) is 4.55. The van der Waals surface area contributed by atoms with Crippen LogP contribution in [0.4, 0.5) is 11.4 Å². The van der Waals surface area contributed by atoms with Gasteiger partial charge in [-0.1, -0.05) is 43.7 Å². The summed E-state index contributed by atoms with van der Waals surface area (Å²) in [6.07, 6.45) is 5.52. The average molecular weight is 466 g/mol. The Morgan fingerprint density at radius 1 is 1.21 bits per heavy atom. The predicted molar refractivity (Wildman–Crippen MR) is 136 cm³/mol. The summed E-state index contributed by atoms with van der Waals surface area (Å²) < 4.78 is 0. The Hall–Kier alpha value is -2.79. The Bertz CT molecular complexity index is 1050. The van der Waals surface area contributed by atoms with E-state index in [0.29, 0.717) is 36.9 Å². The molecule has 2 aromatic carbocycles. The minimum Gasteiger partial charge on any atom is -0.385 e. The molecule has 6 heteroatoms. The quantitative estimate of drug-likeness (QED) is 0.545. The van der Waals surface area contributed by atoms with Gasteiger partial charge in [-0.25, -0.2) is 0 Å². The van der Waals surface area contributed by atoms with Crippen molar-refractivity contribution >= 4 is 40.4 Å². The van der Waals surface area contributed by atoms with Gasteiger partial charge in [-0.2, -0.15) is 0 Å². The smallest absolute Gasteiger partial charge is 0.239 e. The number of hydrogen-bond acceptors (Lipinski definition) is 3. The van der Waals surface area contributed by atoms with Crippen LogP contribution in [-0.2, 0) is 9.59 Å². The summed E-state index contributed by atoms with van der Waals surface area (Å²) in [6.45, 7) is 6.28. The first kappa shape index (κ1) is 23.4. The summed E-state index contributed by atoms with van der Waals surface area (Å²) in [5.74, 6) is -0.475. The highest BCUT2D eigenvalue weighted by Crippen LogP contribution is 2.31. The fraction of sp³-hybridized carbons (Fsp3) is 0.407. The molecule has 0 spiro atoms. The molecule has 1 fully saturated rings. The van der Waals surface area contributed by atoms with E-state index >= 15 is 0 Å². The number of halogens is 1. The minimum absolute atomic E-state index is 0.115. The Kier molecular flexibility index (Phi) is 7.39. The first-order chi connectivity index (χ1) is 15.9. The standard InChI is InChI=1S/C27H32ClN3O2/c1-18(2)19-6-9-22(10-7-19)31-16-13-23(27(31)33)26(32)30-15-12-20-5-3-4-14-29-25-11-8-21(28)17-24(20)25/h5-11,17-18,23,29H,3-4,12-16H2,1-2H3,(H,30,32)/b20-5-. The normalized spacial score (nSPS) is 19.9. The van der Waals surface area contributed by atoms with E-state index in [-0.39, 0.29) is 11.8 Å². The SMILES string of the molecule is CC(C)c1ccc(N2CCC(C(=O)NCC/C3=C/CCCNc4ccc(Cl)cc43)C2=O)cc1. The number of carbonyl (C=O) groups excluding carboxylic acids is 2. The summed E-state index contributed by atoms with van der Waals surface area (Å²) >= 11 is 6.24. The third-order valence-corrected chi connectivity index (χ3v) is 6.74. The molecule has 0 radical (unpaired) electrons. The van der Waals surface area contributed by atoms with Crippen LogP contribution in [0.15, 0.2) is 48.5 Å². The van der Waals surface area contributed by atoms with E-state index in [1.165, 1.54) is 11.1 Å². The van der Waals surface area contributed by atoms with E-state index in [1.807, 2.05) is 30.3 Å². The number of hydrogen-bond donors (Lipinski definition) is 2. The first-order valence-corrected chi connectivity index (χ1v) is 12.2.